The Bertz CT molecular complexity index is 1570. The number of nitrogens with zero attached hydrogens (tertiary/aromatic N) is 4. The molecule has 11 heteroatoms. The summed E-state index contributed by atoms with van der Waals surface area (Å²) in [6, 6.07) is 16.5. The van der Waals surface area contributed by atoms with Crippen molar-refractivity contribution in [1.29, 1.82) is 0 Å². The van der Waals surface area contributed by atoms with Gasteiger partial charge in [0.25, 0.3) is 5.91 Å². The summed E-state index contributed by atoms with van der Waals surface area (Å²) in [5.41, 5.74) is 2.55. The van der Waals surface area contributed by atoms with Crippen molar-refractivity contribution in [3.63, 3.8) is 0 Å². The van der Waals surface area contributed by atoms with E-state index >= 15 is 0 Å². The number of aromatic nitrogens is 1. The van der Waals surface area contributed by atoms with Gasteiger partial charge in [0.15, 0.2) is 0 Å². The standard InChI is InChI=1S/C31H40N6O4S/c1-4-36(5-2)17-18-42(40,41)34-27(19-24-21-32-26-14-10-9-13-25(24)26)29(38)37-16-15-28-31(22-37,30(39)35(3)33-28)20-23-11-7-6-8-12-23/h6-14,21,27,32,34H,4-5,15-20,22H2,1-3H3. The summed E-state index contributed by atoms with van der Waals surface area (Å²) in [7, 11) is -2.14. The molecule has 0 bridgehead atoms. The summed E-state index contributed by atoms with van der Waals surface area (Å²) in [6.45, 7) is 6.36. The number of likely N-dealkylation sites (tertiary alicyclic amines) is 1. The normalized spacial score (nSPS) is 19.8. The molecule has 10 nitrogen and oxygen atoms in total. The largest absolute Gasteiger partial charge is 0.361 e. The van der Waals surface area contributed by atoms with Gasteiger partial charge in [0, 0.05) is 50.2 Å². The van der Waals surface area contributed by atoms with Crippen molar-refractivity contribution >= 4 is 38.5 Å². The molecule has 2 aromatic carbocycles. The lowest BCUT2D eigenvalue weighted by atomic mass is 9.73. The number of carbonyl (C=O) groups is 2. The van der Waals surface area contributed by atoms with E-state index in [1.807, 2.05) is 79.5 Å². The zero-order chi connectivity index (χ0) is 29.9. The molecule has 0 radical (unpaired) electrons. The molecule has 1 fully saturated rings. The Morgan fingerprint density at radius 2 is 1.83 bits per heavy atom. The van der Waals surface area contributed by atoms with Gasteiger partial charge in [-0.25, -0.2) is 18.1 Å². The molecule has 0 spiro atoms. The fourth-order valence-corrected chi connectivity index (χ4v) is 7.43. The number of H-pyrrole nitrogens is 1. The van der Waals surface area contributed by atoms with Gasteiger partial charge in [-0.05, 0) is 43.1 Å². The number of fused-ring (bicyclic) bond motifs is 2. The highest BCUT2D eigenvalue weighted by molar-refractivity contribution is 7.89. The number of carbonyl (C=O) groups excluding carboxylic acids is 2. The highest BCUT2D eigenvalue weighted by atomic mass is 32.2. The third-order valence-corrected chi connectivity index (χ3v) is 9.92. The van der Waals surface area contributed by atoms with Crippen molar-refractivity contribution in [3.05, 3.63) is 71.9 Å². The number of hydrazone groups is 1. The van der Waals surface area contributed by atoms with E-state index in [9.17, 15) is 18.0 Å². The number of benzene rings is 2. The molecule has 5 rings (SSSR count). The number of rotatable bonds is 12. The van der Waals surface area contributed by atoms with Crippen molar-refractivity contribution < 1.29 is 18.0 Å². The maximum absolute atomic E-state index is 14.3. The van der Waals surface area contributed by atoms with Crippen LogP contribution in [0.2, 0.25) is 0 Å². The van der Waals surface area contributed by atoms with Crippen LogP contribution in [0.5, 0.6) is 0 Å². The molecule has 2 aliphatic rings. The van der Waals surface area contributed by atoms with Crippen LogP contribution in [0.15, 0.2) is 65.9 Å². The van der Waals surface area contributed by atoms with E-state index in [0.717, 1.165) is 40.8 Å². The monoisotopic (exact) mass is 592 g/mol. The highest BCUT2D eigenvalue weighted by Crippen LogP contribution is 2.38. The van der Waals surface area contributed by atoms with Gasteiger partial charge in [-0.15, -0.1) is 0 Å². The average molecular weight is 593 g/mol. The van der Waals surface area contributed by atoms with E-state index in [0.29, 0.717) is 25.9 Å². The Labute approximate surface area is 247 Å². The van der Waals surface area contributed by atoms with Crippen LogP contribution < -0.4 is 4.72 Å². The Balaban J connectivity index is 1.43. The van der Waals surface area contributed by atoms with Crippen LogP contribution in [0.3, 0.4) is 0 Å². The zero-order valence-electron chi connectivity index (χ0n) is 24.5. The van der Waals surface area contributed by atoms with E-state index in [-0.39, 0.29) is 30.5 Å². The van der Waals surface area contributed by atoms with Gasteiger partial charge in [0.1, 0.15) is 11.5 Å². The summed E-state index contributed by atoms with van der Waals surface area (Å²) in [5, 5.41) is 6.88. The Hall–Kier alpha value is -3.54. The number of piperidine rings is 1. The number of hydrogen-bond acceptors (Lipinski definition) is 6. The average Bonchev–Trinajstić information content (AvgIpc) is 3.50. The fourth-order valence-electron chi connectivity index (χ4n) is 6.20. The lowest BCUT2D eigenvalue weighted by molar-refractivity contribution is -0.140. The second-order valence-corrected chi connectivity index (χ2v) is 13.1. The van der Waals surface area contributed by atoms with Gasteiger partial charge >= 0.3 is 0 Å². The number of aromatic amines is 1. The van der Waals surface area contributed by atoms with Gasteiger partial charge in [0.2, 0.25) is 15.9 Å². The van der Waals surface area contributed by atoms with E-state index in [2.05, 4.69) is 14.8 Å². The molecule has 3 heterocycles. The Kier molecular flexibility index (Phi) is 8.81. The second kappa shape index (κ2) is 12.4. The van der Waals surface area contributed by atoms with Gasteiger partial charge in [-0.3, -0.25) is 9.59 Å². The maximum atomic E-state index is 14.3. The Morgan fingerprint density at radius 3 is 2.57 bits per heavy atom. The number of para-hydroxylation sites is 1. The lowest BCUT2D eigenvalue weighted by Crippen LogP contribution is -2.59. The molecular weight excluding hydrogens is 552 g/mol. The van der Waals surface area contributed by atoms with Crippen molar-refractivity contribution in [2.45, 2.75) is 39.2 Å². The van der Waals surface area contributed by atoms with Crippen LogP contribution in [-0.4, -0.2) is 97.3 Å². The van der Waals surface area contributed by atoms with Gasteiger partial charge in [0.05, 0.1) is 11.5 Å². The molecule has 42 heavy (non-hydrogen) atoms. The first-order valence-corrected chi connectivity index (χ1v) is 16.3. The molecule has 2 amide bonds. The molecule has 2 unspecified atom stereocenters. The topological polar surface area (TPSA) is 118 Å². The minimum atomic E-state index is -3.79. The molecule has 3 aromatic rings. The summed E-state index contributed by atoms with van der Waals surface area (Å²) in [6.07, 6.45) is 2.89. The van der Waals surface area contributed by atoms with E-state index in [1.165, 1.54) is 5.01 Å². The molecule has 2 N–H and O–H groups in total. The minimum Gasteiger partial charge on any atom is -0.361 e. The van der Waals surface area contributed by atoms with Gasteiger partial charge in [-0.1, -0.05) is 62.4 Å². The fraction of sp³-hybridized carbons (Fsp3) is 0.452. The van der Waals surface area contributed by atoms with Crippen LogP contribution in [0.4, 0.5) is 0 Å². The summed E-state index contributed by atoms with van der Waals surface area (Å²) >= 11 is 0. The maximum Gasteiger partial charge on any atom is 0.256 e. The molecule has 1 saturated heterocycles. The van der Waals surface area contributed by atoms with Crippen LogP contribution in [0, 0.1) is 5.41 Å². The summed E-state index contributed by atoms with van der Waals surface area (Å²) < 4.78 is 29.4. The second-order valence-electron chi connectivity index (χ2n) is 11.2. The molecule has 0 saturated carbocycles. The minimum absolute atomic E-state index is 0.107. The molecule has 2 aliphatic heterocycles. The summed E-state index contributed by atoms with van der Waals surface area (Å²) in [5.74, 6) is -0.586. The molecular formula is C31H40N6O4S. The number of hydrogen-bond donors (Lipinski definition) is 2. The van der Waals surface area contributed by atoms with Crippen LogP contribution >= 0.6 is 0 Å². The molecule has 0 aliphatic carbocycles. The third-order valence-electron chi connectivity index (χ3n) is 8.56. The quantitative estimate of drug-likeness (QED) is 0.335. The van der Waals surface area contributed by atoms with Gasteiger partial charge in [-0.2, -0.15) is 5.10 Å². The van der Waals surface area contributed by atoms with Crippen molar-refractivity contribution in [3.8, 4) is 0 Å². The Morgan fingerprint density at radius 1 is 1.12 bits per heavy atom. The molecule has 224 valence electrons. The first-order valence-electron chi connectivity index (χ1n) is 14.6. The predicted octanol–water partition coefficient (Wildman–Crippen LogP) is 2.63. The van der Waals surface area contributed by atoms with E-state index < -0.39 is 21.5 Å². The summed E-state index contributed by atoms with van der Waals surface area (Å²) in [4.78, 5) is 34.8. The number of amides is 2. The number of sulfonamides is 1. The SMILES string of the molecule is CCN(CC)CCS(=O)(=O)NC(Cc1c[nH]c2ccccc12)C(=O)N1CCC2=NN(C)C(=O)C2(Cc2ccccc2)C1. The van der Waals surface area contributed by atoms with E-state index in [1.54, 1.807) is 11.9 Å². The lowest BCUT2D eigenvalue weighted by Gasteiger charge is -2.40. The predicted molar refractivity (Wildman–Crippen MR) is 164 cm³/mol. The smallest absolute Gasteiger partial charge is 0.256 e. The first-order chi connectivity index (χ1) is 20.2. The van der Waals surface area contributed by atoms with Crippen LogP contribution in [0.25, 0.3) is 10.9 Å². The van der Waals surface area contributed by atoms with Gasteiger partial charge < -0.3 is 14.8 Å². The highest BCUT2D eigenvalue weighted by Gasteiger charge is 2.54. The first kappa shape index (κ1) is 29.9. The molecule has 2 atom stereocenters. The molecule has 1 aromatic heterocycles. The van der Waals surface area contributed by atoms with E-state index in [4.69, 9.17) is 0 Å². The van der Waals surface area contributed by atoms with Crippen molar-refractivity contribution in [2.24, 2.45) is 10.5 Å². The van der Waals surface area contributed by atoms with Crippen molar-refractivity contribution in [2.75, 3.05) is 45.5 Å². The zero-order valence-corrected chi connectivity index (χ0v) is 25.4. The number of nitrogens with one attached hydrogen (secondary N) is 2. The van der Waals surface area contributed by atoms with Crippen molar-refractivity contribution in [1.82, 2.24) is 24.5 Å². The van der Waals surface area contributed by atoms with Crippen LogP contribution in [0.1, 0.15) is 31.4 Å². The third kappa shape index (κ3) is 6.13. The van der Waals surface area contributed by atoms with Crippen LogP contribution in [-0.2, 0) is 32.5 Å².